The Labute approximate surface area is 145 Å². The molecule has 0 radical (unpaired) electrons. The number of rotatable bonds is 6. The molecule has 1 fully saturated rings. The van der Waals surface area contributed by atoms with Crippen molar-refractivity contribution in [3.8, 4) is 0 Å². The van der Waals surface area contributed by atoms with E-state index in [4.69, 9.17) is 4.74 Å². The van der Waals surface area contributed by atoms with Crippen molar-refractivity contribution in [2.45, 2.75) is 39.7 Å². The van der Waals surface area contributed by atoms with E-state index in [0.29, 0.717) is 12.5 Å². The van der Waals surface area contributed by atoms with Gasteiger partial charge in [0.15, 0.2) is 0 Å². The Kier molecular flexibility index (Phi) is 6.43. The van der Waals surface area contributed by atoms with Crippen molar-refractivity contribution >= 4 is 11.9 Å². The molecule has 1 aromatic heterocycles. The Morgan fingerprint density at radius 1 is 1.42 bits per heavy atom. The predicted octanol–water partition coefficient (Wildman–Crippen LogP) is 2.65. The molecule has 0 unspecified atom stereocenters. The molecule has 2 N–H and O–H groups in total. The van der Waals surface area contributed by atoms with Gasteiger partial charge in [-0.1, -0.05) is 6.07 Å². The molecule has 1 aliphatic rings. The second kappa shape index (κ2) is 8.33. The highest BCUT2D eigenvalue weighted by molar-refractivity contribution is 5.67. The molecule has 0 spiro atoms. The molecule has 1 amide bonds. The van der Waals surface area contributed by atoms with Gasteiger partial charge in [-0.3, -0.25) is 0 Å². The Hall–Kier alpha value is -1.82. The van der Waals surface area contributed by atoms with E-state index in [1.807, 2.05) is 45.9 Å². The lowest BCUT2D eigenvalue weighted by molar-refractivity contribution is 0.0523. The number of likely N-dealkylation sites (tertiary alicyclic amines) is 1. The van der Waals surface area contributed by atoms with Crippen LogP contribution in [0.5, 0.6) is 0 Å². The molecule has 1 aromatic rings. The summed E-state index contributed by atoms with van der Waals surface area (Å²) < 4.78 is 5.24. The number of amides is 1. The molecule has 2 heterocycles. The van der Waals surface area contributed by atoms with Gasteiger partial charge in [-0.25, -0.2) is 9.78 Å². The first kappa shape index (κ1) is 18.5. The van der Waals surface area contributed by atoms with E-state index in [1.165, 1.54) is 6.42 Å². The summed E-state index contributed by atoms with van der Waals surface area (Å²) in [5.41, 5.74) is 0.583. The van der Waals surface area contributed by atoms with Gasteiger partial charge in [-0.15, -0.1) is 0 Å². The monoisotopic (exact) mass is 334 g/mol. The van der Waals surface area contributed by atoms with Gasteiger partial charge >= 0.3 is 6.09 Å². The number of hydrogen-bond acceptors (Lipinski definition) is 5. The third-order valence-electron chi connectivity index (χ3n) is 3.93. The van der Waals surface area contributed by atoms with E-state index in [0.717, 1.165) is 37.7 Å². The SMILES string of the molecule is Cc1cccc(NC[C@@H]2CCN(CCNC(=O)OC(C)(C)C)C2)n1. The van der Waals surface area contributed by atoms with Crippen LogP contribution in [-0.4, -0.2) is 54.3 Å². The minimum atomic E-state index is -0.446. The number of pyridine rings is 1. The number of nitrogens with zero attached hydrogens (tertiary/aromatic N) is 2. The van der Waals surface area contributed by atoms with Gasteiger partial charge < -0.3 is 20.3 Å². The summed E-state index contributed by atoms with van der Waals surface area (Å²) in [4.78, 5) is 18.5. The van der Waals surface area contributed by atoms with Gasteiger partial charge in [-0.2, -0.15) is 0 Å². The predicted molar refractivity (Wildman–Crippen MR) is 96.2 cm³/mol. The maximum absolute atomic E-state index is 11.6. The Morgan fingerprint density at radius 2 is 2.21 bits per heavy atom. The van der Waals surface area contributed by atoms with Crippen molar-refractivity contribution in [2.24, 2.45) is 5.92 Å². The third-order valence-corrected chi connectivity index (χ3v) is 3.93. The van der Waals surface area contributed by atoms with E-state index in [-0.39, 0.29) is 6.09 Å². The Balaban J connectivity index is 1.62. The highest BCUT2D eigenvalue weighted by atomic mass is 16.6. The smallest absolute Gasteiger partial charge is 0.407 e. The van der Waals surface area contributed by atoms with Crippen molar-refractivity contribution in [1.82, 2.24) is 15.2 Å². The minimum absolute atomic E-state index is 0.342. The second-order valence-electron chi connectivity index (χ2n) is 7.43. The lowest BCUT2D eigenvalue weighted by atomic mass is 10.1. The Bertz CT molecular complexity index is 542. The fraction of sp³-hybridized carbons (Fsp3) is 0.667. The summed E-state index contributed by atoms with van der Waals surface area (Å²) in [6.07, 6.45) is 0.830. The number of carbonyl (C=O) groups excluding carboxylic acids is 1. The van der Waals surface area contributed by atoms with Gasteiger partial charge in [0.05, 0.1) is 0 Å². The van der Waals surface area contributed by atoms with Crippen LogP contribution in [-0.2, 0) is 4.74 Å². The number of aryl methyl sites for hydroxylation is 1. The lowest BCUT2D eigenvalue weighted by Crippen LogP contribution is -2.37. The normalized spacial score (nSPS) is 18.4. The van der Waals surface area contributed by atoms with Crippen LogP contribution in [0.2, 0.25) is 0 Å². The number of aromatic nitrogens is 1. The molecule has 6 heteroatoms. The maximum Gasteiger partial charge on any atom is 0.407 e. The zero-order chi connectivity index (χ0) is 17.6. The number of alkyl carbamates (subject to hydrolysis) is 1. The number of hydrogen-bond donors (Lipinski definition) is 2. The maximum atomic E-state index is 11.6. The molecule has 6 nitrogen and oxygen atoms in total. The molecule has 0 aromatic carbocycles. The molecule has 2 rings (SSSR count). The van der Waals surface area contributed by atoms with E-state index in [9.17, 15) is 4.79 Å². The van der Waals surface area contributed by atoms with Crippen LogP contribution in [0.4, 0.5) is 10.6 Å². The molecule has 134 valence electrons. The largest absolute Gasteiger partial charge is 0.444 e. The molecular weight excluding hydrogens is 304 g/mol. The van der Waals surface area contributed by atoms with Crippen molar-refractivity contribution in [1.29, 1.82) is 0 Å². The molecule has 0 saturated carbocycles. The fourth-order valence-electron chi connectivity index (χ4n) is 2.80. The van der Waals surface area contributed by atoms with Gasteiger partial charge in [0.2, 0.25) is 0 Å². The zero-order valence-corrected chi connectivity index (χ0v) is 15.3. The van der Waals surface area contributed by atoms with Crippen LogP contribution in [0, 0.1) is 12.8 Å². The number of ether oxygens (including phenoxy) is 1. The summed E-state index contributed by atoms with van der Waals surface area (Å²) in [5, 5.41) is 6.24. The van der Waals surface area contributed by atoms with Crippen LogP contribution in [0.1, 0.15) is 32.9 Å². The molecule has 1 atom stereocenters. The molecule has 24 heavy (non-hydrogen) atoms. The number of anilines is 1. The molecule has 1 saturated heterocycles. The first-order chi connectivity index (χ1) is 11.3. The van der Waals surface area contributed by atoms with E-state index in [1.54, 1.807) is 0 Å². The van der Waals surface area contributed by atoms with Crippen molar-refractivity contribution in [2.75, 3.05) is 38.0 Å². The second-order valence-corrected chi connectivity index (χ2v) is 7.43. The fourth-order valence-corrected chi connectivity index (χ4v) is 2.80. The first-order valence-electron chi connectivity index (χ1n) is 8.68. The molecular formula is C18H30N4O2. The van der Waals surface area contributed by atoms with E-state index >= 15 is 0 Å². The van der Waals surface area contributed by atoms with E-state index < -0.39 is 5.60 Å². The van der Waals surface area contributed by atoms with Crippen LogP contribution in [0.15, 0.2) is 18.2 Å². The molecule has 1 aliphatic heterocycles. The van der Waals surface area contributed by atoms with Gasteiger partial charge in [-0.05, 0) is 58.7 Å². The zero-order valence-electron chi connectivity index (χ0n) is 15.3. The van der Waals surface area contributed by atoms with Crippen LogP contribution in [0.25, 0.3) is 0 Å². The van der Waals surface area contributed by atoms with Gasteiger partial charge in [0.25, 0.3) is 0 Å². The summed E-state index contributed by atoms with van der Waals surface area (Å²) in [6.45, 7) is 12.1. The van der Waals surface area contributed by atoms with Crippen LogP contribution >= 0.6 is 0 Å². The van der Waals surface area contributed by atoms with E-state index in [2.05, 4.69) is 20.5 Å². The first-order valence-corrected chi connectivity index (χ1v) is 8.68. The minimum Gasteiger partial charge on any atom is -0.444 e. The van der Waals surface area contributed by atoms with Crippen molar-refractivity contribution in [3.63, 3.8) is 0 Å². The van der Waals surface area contributed by atoms with Crippen LogP contribution < -0.4 is 10.6 Å². The van der Waals surface area contributed by atoms with Gasteiger partial charge in [0, 0.05) is 31.9 Å². The summed E-state index contributed by atoms with van der Waals surface area (Å²) in [7, 11) is 0. The summed E-state index contributed by atoms with van der Waals surface area (Å²) in [5.74, 6) is 1.56. The van der Waals surface area contributed by atoms with Crippen molar-refractivity contribution in [3.05, 3.63) is 23.9 Å². The highest BCUT2D eigenvalue weighted by Crippen LogP contribution is 2.16. The molecule has 0 bridgehead atoms. The average molecular weight is 334 g/mol. The van der Waals surface area contributed by atoms with Crippen molar-refractivity contribution < 1.29 is 9.53 Å². The standard InChI is InChI=1S/C18H30N4O2/c1-14-6-5-7-16(21-14)20-12-15-8-10-22(13-15)11-9-19-17(23)24-18(2,3)4/h5-7,15H,8-13H2,1-4H3,(H,19,23)(H,20,21)/t15-/m0/s1. The number of carbonyl (C=O) groups is 1. The summed E-state index contributed by atoms with van der Waals surface area (Å²) in [6, 6.07) is 6.03. The summed E-state index contributed by atoms with van der Waals surface area (Å²) >= 11 is 0. The lowest BCUT2D eigenvalue weighted by Gasteiger charge is -2.21. The Morgan fingerprint density at radius 3 is 2.92 bits per heavy atom. The van der Waals surface area contributed by atoms with Gasteiger partial charge in [0.1, 0.15) is 11.4 Å². The highest BCUT2D eigenvalue weighted by Gasteiger charge is 2.22. The topological polar surface area (TPSA) is 66.5 Å². The average Bonchev–Trinajstić information content (AvgIpc) is 2.91. The van der Waals surface area contributed by atoms with Crippen LogP contribution in [0.3, 0.4) is 0 Å². The molecule has 0 aliphatic carbocycles. The number of nitrogens with one attached hydrogen (secondary N) is 2. The quantitative estimate of drug-likeness (QED) is 0.837. The third kappa shape index (κ3) is 6.74.